The summed E-state index contributed by atoms with van der Waals surface area (Å²) in [6.45, 7) is 2.99. The second-order valence-corrected chi connectivity index (χ2v) is 5.63. The molecule has 2 aromatic rings. The van der Waals surface area contributed by atoms with E-state index in [0.717, 1.165) is 6.42 Å². The van der Waals surface area contributed by atoms with E-state index in [4.69, 9.17) is 20.9 Å². The number of hydrogen-bond donors (Lipinski definition) is 0. The average Bonchev–Trinajstić information content (AvgIpc) is 3.15. The van der Waals surface area contributed by atoms with Crippen molar-refractivity contribution in [2.45, 2.75) is 19.3 Å². The summed E-state index contributed by atoms with van der Waals surface area (Å²) in [6, 6.07) is 7.10. The molecular formula is C15H16ClN3O3. The van der Waals surface area contributed by atoms with E-state index in [1.54, 1.807) is 24.0 Å². The predicted octanol–water partition coefficient (Wildman–Crippen LogP) is 2.43. The van der Waals surface area contributed by atoms with E-state index in [0.29, 0.717) is 35.6 Å². The number of amides is 1. The Balaban J connectivity index is 1.54. The van der Waals surface area contributed by atoms with Gasteiger partial charge in [0.1, 0.15) is 5.75 Å². The quantitative estimate of drug-likeness (QED) is 0.865. The lowest BCUT2D eigenvalue weighted by atomic mass is 10.1. The van der Waals surface area contributed by atoms with Crippen LogP contribution < -0.4 is 4.74 Å². The Morgan fingerprint density at radius 3 is 3.05 bits per heavy atom. The van der Waals surface area contributed by atoms with E-state index < -0.39 is 0 Å². The lowest BCUT2D eigenvalue weighted by molar-refractivity contribution is -0.132. The number of benzene rings is 1. The molecule has 0 aliphatic carbocycles. The lowest BCUT2D eigenvalue weighted by Gasteiger charge is -2.16. The second-order valence-electron chi connectivity index (χ2n) is 5.22. The van der Waals surface area contributed by atoms with E-state index in [1.165, 1.54) is 0 Å². The molecule has 3 rings (SSSR count). The monoisotopic (exact) mass is 321 g/mol. The van der Waals surface area contributed by atoms with Gasteiger partial charge in [-0.15, -0.1) is 0 Å². The van der Waals surface area contributed by atoms with Gasteiger partial charge in [-0.2, -0.15) is 4.98 Å². The van der Waals surface area contributed by atoms with Gasteiger partial charge < -0.3 is 14.2 Å². The van der Waals surface area contributed by atoms with E-state index in [-0.39, 0.29) is 18.4 Å². The van der Waals surface area contributed by atoms with Gasteiger partial charge in [0, 0.05) is 13.1 Å². The Kier molecular flexibility index (Phi) is 4.29. The molecule has 0 bridgehead atoms. The molecule has 22 heavy (non-hydrogen) atoms. The minimum atomic E-state index is -0.0707. The summed E-state index contributed by atoms with van der Waals surface area (Å²) in [5, 5.41) is 4.28. The topological polar surface area (TPSA) is 68.5 Å². The molecule has 1 atom stereocenters. The molecule has 1 aliphatic rings. The molecule has 7 heteroatoms. The van der Waals surface area contributed by atoms with Crippen LogP contribution in [0.5, 0.6) is 5.75 Å². The Morgan fingerprint density at radius 1 is 1.50 bits per heavy atom. The van der Waals surface area contributed by atoms with Gasteiger partial charge in [0.05, 0.1) is 10.9 Å². The summed E-state index contributed by atoms with van der Waals surface area (Å²) in [5.74, 6) is 1.76. The maximum atomic E-state index is 12.2. The van der Waals surface area contributed by atoms with Gasteiger partial charge in [0.25, 0.3) is 5.91 Å². The molecule has 1 fully saturated rings. The first kappa shape index (κ1) is 14.8. The largest absolute Gasteiger partial charge is 0.482 e. The van der Waals surface area contributed by atoms with Crippen molar-refractivity contribution in [1.82, 2.24) is 15.0 Å². The predicted molar refractivity (Wildman–Crippen MR) is 79.9 cm³/mol. The van der Waals surface area contributed by atoms with Crippen molar-refractivity contribution >= 4 is 17.5 Å². The first-order chi connectivity index (χ1) is 10.6. The molecule has 1 amide bonds. The maximum Gasteiger partial charge on any atom is 0.260 e. The van der Waals surface area contributed by atoms with Crippen LogP contribution in [0.4, 0.5) is 0 Å². The summed E-state index contributed by atoms with van der Waals surface area (Å²) >= 11 is 6.00. The van der Waals surface area contributed by atoms with Gasteiger partial charge in [0.2, 0.25) is 5.89 Å². The van der Waals surface area contributed by atoms with Crippen LogP contribution in [0.25, 0.3) is 0 Å². The molecule has 0 spiro atoms. The van der Waals surface area contributed by atoms with E-state index in [2.05, 4.69) is 10.1 Å². The third kappa shape index (κ3) is 3.22. The summed E-state index contributed by atoms with van der Waals surface area (Å²) in [6.07, 6.45) is 0.819. The van der Waals surface area contributed by atoms with Crippen LogP contribution in [0.1, 0.15) is 24.1 Å². The highest BCUT2D eigenvalue weighted by molar-refractivity contribution is 6.32. The summed E-state index contributed by atoms with van der Waals surface area (Å²) in [7, 11) is 0. The molecule has 1 saturated heterocycles. The van der Waals surface area contributed by atoms with Crippen LogP contribution in [0, 0.1) is 6.92 Å². The van der Waals surface area contributed by atoms with Crippen LogP contribution >= 0.6 is 11.6 Å². The fraction of sp³-hybridized carbons (Fsp3) is 0.400. The molecule has 1 aliphatic heterocycles. The van der Waals surface area contributed by atoms with Crippen molar-refractivity contribution < 1.29 is 14.1 Å². The summed E-state index contributed by atoms with van der Waals surface area (Å²) in [5.41, 5.74) is 0. The number of rotatable bonds is 4. The third-order valence-electron chi connectivity index (χ3n) is 3.62. The van der Waals surface area contributed by atoms with Gasteiger partial charge in [0.15, 0.2) is 12.4 Å². The van der Waals surface area contributed by atoms with Crippen molar-refractivity contribution in [3.05, 3.63) is 41.0 Å². The Labute approximate surface area is 133 Å². The van der Waals surface area contributed by atoms with Crippen molar-refractivity contribution in [2.75, 3.05) is 19.7 Å². The van der Waals surface area contributed by atoms with Crippen LogP contribution in [0.3, 0.4) is 0 Å². The van der Waals surface area contributed by atoms with Crippen LogP contribution in [-0.4, -0.2) is 40.6 Å². The molecule has 116 valence electrons. The summed E-state index contributed by atoms with van der Waals surface area (Å²) < 4.78 is 10.7. The fourth-order valence-corrected chi connectivity index (χ4v) is 2.65. The minimum Gasteiger partial charge on any atom is -0.482 e. The van der Waals surface area contributed by atoms with Crippen molar-refractivity contribution in [2.24, 2.45) is 0 Å². The number of carbonyl (C=O) groups is 1. The Hall–Kier alpha value is -2.08. The number of carbonyl (C=O) groups excluding carboxylic acids is 1. The molecule has 1 unspecified atom stereocenters. The molecule has 2 heterocycles. The lowest BCUT2D eigenvalue weighted by Crippen LogP contribution is -2.32. The highest BCUT2D eigenvalue weighted by Gasteiger charge is 2.31. The number of ether oxygens (including phenoxy) is 1. The van der Waals surface area contributed by atoms with Gasteiger partial charge in [-0.25, -0.2) is 0 Å². The Bertz CT molecular complexity index is 674. The number of hydrogen-bond acceptors (Lipinski definition) is 5. The molecule has 0 N–H and O–H groups in total. The highest BCUT2D eigenvalue weighted by Crippen LogP contribution is 2.27. The number of halogens is 1. The van der Waals surface area contributed by atoms with E-state index in [9.17, 15) is 4.79 Å². The highest BCUT2D eigenvalue weighted by atomic mass is 35.5. The molecule has 1 aromatic heterocycles. The van der Waals surface area contributed by atoms with Gasteiger partial charge in [-0.3, -0.25) is 4.79 Å². The van der Waals surface area contributed by atoms with Crippen molar-refractivity contribution in [3.63, 3.8) is 0 Å². The minimum absolute atomic E-state index is 0.0285. The third-order valence-corrected chi connectivity index (χ3v) is 3.93. The molecular weight excluding hydrogens is 306 g/mol. The first-order valence-electron chi connectivity index (χ1n) is 7.09. The van der Waals surface area contributed by atoms with Crippen LogP contribution in [-0.2, 0) is 4.79 Å². The van der Waals surface area contributed by atoms with Gasteiger partial charge >= 0.3 is 0 Å². The smallest absolute Gasteiger partial charge is 0.260 e. The summed E-state index contributed by atoms with van der Waals surface area (Å²) in [4.78, 5) is 18.2. The molecule has 0 saturated carbocycles. The zero-order chi connectivity index (χ0) is 15.5. The van der Waals surface area contributed by atoms with E-state index >= 15 is 0 Å². The molecule has 6 nitrogen and oxygen atoms in total. The second kappa shape index (κ2) is 6.36. The van der Waals surface area contributed by atoms with Gasteiger partial charge in [-0.1, -0.05) is 28.9 Å². The first-order valence-corrected chi connectivity index (χ1v) is 7.46. The number of likely N-dealkylation sites (tertiary alicyclic amines) is 1. The molecule has 0 radical (unpaired) electrons. The number of para-hydroxylation sites is 1. The van der Waals surface area contributed by atoms with Crippen molar-refractivity contribution in [3.8, 4) is 5.75 Å². The average molecular weight is 322 g/mol. The van der Waals surface area contributed by atoms with Crippen LogP contribution in [0.2, 0.25) is 5.02 Å². The van der Waals surface area contributed by atoms with Gasteiger partial charge in [-0.05, 0) is 25.5 Å². The Morgan fingerprint density at radius 2 is 2.32 bits per heavy atom. The normalized spacial score (nSPS) is 17.7. The maximum absolute atomic E-state index is 12.2. The number of aromatic nitrogens is 2. The number of nitrogens with zero attached hydrogens (tertiary/aromatic N) is 3. The van der Waals surface area contributed by atoms with Crippen LogP contribution in [0.15, 0.2) is 28.8 Å². The number of aryl methyl sites for hydroxylation is 1. The van der Waals surface area contributed by atoms with Crippen molar-refractivity contribution in [1.29, 1.82) is 0 Å². The standard InChI is InChI=1S/C15H16ClN3O3/c1-10-17-15(22-18-10)11-6-7-19(8-11)14(20)9-21-13-5-3-2-4-12(13)16/h2-5,11H,6-9H2,1H3. The SMILES string of the molecule is Cc1noc(C2CCN(C(=O)COc3ccccc3Cl)C2)n1. The zero-order valence-corrected chi connectivity index (χ0v) is 12.9. The fourth-order valence-electron chi connectivity index (χ4n) is 2.46. The zero-order valence-electron chi connectivity index (χ0n) is 12.2. The van der Waals surface area contributed by atoms with E-state index in [1.807, 2.05) is 12.1 Å². The molecule has 1 aromatic carbocycles.